The zero-order valence-corrected chi connectivity index (χ0v) is 10.2. The molecular formula is C11H23NO3. The summed E-state index contributed by atoms with van der Waals surface area (Å²) >= 11 is 0. The Bertz CT molecular complexity index is 194. The first-order chi connectivity index (χ1) is 6.92. The van der Waals surface area contributed by atoms with Crippen molar-refractivity contribution < 1.29 is 14.6 Å². The lowest BCUT2D eigenvalue weighted by Gasteiger charge is -2.23. The lowest BCUT2D eigenvalue weighted by atomic mass is 9.95. The van der Waals surface area contributed by atoms with E-state index in [1.807, 2.05) is 13.8 Å². The van der Waals surface area contributed by atoms with Crippen molar-refractivity contribution in [3.05, 3.63) is 0 Å². The molecule has 0 rings (SSSR count). The summed E-state index contributed by atoms with van der Waals surface area (Å²) < 4.78 is 5.38. The van der Waals surface area contributed by atoms with Crippen LogP contribution >= 0.6 is 0 Å². The predicted octanol–water partition coefficient (Wildman–Crippen LogP) is 1.64. The molecule has 0 aromatic heterocycles. The highest BCUT2D eigenvalue weighted by molar-refractivity contribution is 5.78. The van der Waals surface area contributed by atoms with Gasteiger partial charge in [-0.1, -0.05) is 0 Å². The van der Waals surface area contributed by atoms with Crippen LogP contribution in [-0.4, -0.2) is 36.4 Å². The van der Waals surface area contributed by atoms with Crippen molar-refractivity contribution in [1.29, 1.82) is 0 Å². The number of aliphatic carboxylic acids is 1. The van der Waals surface area contributed by atoms with E-state index in [2.05, 4.69) is 5.32 Å². The molecule has 2 N–H and O–H groups in total. The van der Waals surface area contributed by atoms with Gasteiger partial charge in [0.25, 0.3) is 0 Å². The lowest BCUT2D eigenvalue weighted by Crippen LogP contribution is -2.47. The van der Waals surface area contributed by atoms with Gasteiger partial charge in [-0.3, -0.25) is 4.79 Å². The minimum absolute atomic E-state index is 0.250. The summed E-state index contributed by atoms with van der Waals surface area (Å²) in [6, 6.07) is 0. The van der Waals surface area contributed by atoms with Crippen molar-refractivity contribution in [2.45, 2.75) is 51.7 Å². The van der Waals surface area contributed by atoms with Crippen LogP contribution in [0.4, 0.5) is 0 Å². The van der Waals surface area contributed by atoms with E-state index in [1.165, 1.54) is 0 Å². The molecule has 0 saturated heterocycles. The average Bonchev–Trinajstić information content (AvgIpc) is 2.16. The second-order valence-corrected chi connectivity index (χ2v) is 4.26. The van der Waals surface area contributed by atoms with E-state index in [9.17, 15) is 4.79 Å². The number of carbonyl (C=O) groups is 1. The number of carboxylic acids is 1. The number of hydrogen-bond acceptors (Lipinski definition) is 3. The van der Waals surface area contributed by atoms with Crippen LogP contribution in [-0.2, 0) is 9.53 Å². The van der Waals surface area contributed by atoms with E-state index < -0.39 is 11.5 Å². The summed E-state index contributed by atoms with van der Waals surface area (Å²) in [5.74, 6) is -0.797. The van der Waals surface area contributed by atoms with Crippen molar-refractivity contribution in [1.82, 2.24) is 5.32 Å². The summed E-state index contributed by atoms with van der Waals surface area (Å²) in [5, 5.41) is 11.8. The third-order valence-corrected chi connectivity index (χ3v) is 2.55. The molecule has 0 bridgehead atoms. The number of hydrogen-bond donors (Lipinski definition) is 2. The van der Waals surface area contributed by atoms with Crippen LogP contribution in [0.3, 0.4) is 0 Å². The summed E-state index contributed by atoms with van der Waals surface area (Å²) in [6.07, 6.45) is 2.64. The zero-order chi connectivity index (χ0) is 11.9. The SMILES string of the molecule is CNC(C)(CCCCOC(C)C)C(=O)O. The minimum Gasteiger partial charge on any atom is -0.480 e. The zero-order valence-electron chi connectivity index (χ0n) is 10.2. The molecule has 0 fully saturated rings. The number of rotatable bonds is 8. The summed E-state index contributed by atoms with van der Waals surface area (Å²) in [6.45, 7) is 6.40. The molecule has 1 atom stereocenters. The number of likely N-dealkylation sites (N-methyl/N-ethyl adjacent to an activating group) is 1. The van der Waals surface area contributed by atoms with Gasteiger partial charge in [-0.25, -0.2) is 0 Å². The molecule has 0 heterocycles. The van der Waals surface area contributed by atoms with Crippen molar-refractivity contribution in [3.8, 4) is 0 Å². The Labute approximate surface area is 92.0 Å². The van der Waals surface area contributed by atoms with E-state index in [0.29, 0.717) is 13.0 Å². The molecule has 15 heavy (non-hydrogen) atoms. The molecular weight excluding hydrogens is 194 g/mol. The molecule has 0 aromatic rings. The molecule has 0 aliphatic heterocycles. The fourth-order valence-electron chi connectivity index (χ4n) is 1.24. The molecule has 0 radical (unpaired) electrons. The van der Waals surface area contributed by atoms with E-state index in [4.69, 9.17) is 9.84 Å². The first kappa shape index (κ1) is 14.4. The third-order valence-electron chi connectivity index (χ3n) is 2.55. The predicted molar refractivity (Wildman–Crippen MR) is 60.0 cm³/mol. The normalized spacial score (nSPS) is 15.3. The third kappa shape index (κ3) is 5.74. The molecule has 4 heteroatoms. The van der Waals surface area contributed by atoms with Gasteiger partial charge in [0, 0.05) is 6.61 Å². The first-order valence-electron chi connectivity index (χ1n) is 5.46. The average molecular weight is 217 g/mol. The Balaban J connectivity index is 3.69. The molecule has 1 unspecified atom stereocenters. The van der Waals surface area contributed by atoms with Gasteiger partial charge in [-0.05, 0) is 47.1 Å². The van der Waals surface area contributed by atoms with Gasteiger partial charge in [0.1, 0.15) is 5.54 Å². The Morgan fingerprint density at radius 2 is 2.07 bits per heavy atom. The van der Waals surface area contributed by atoms with Crippen molar-refractivity contribution in [3.63, 3.8) is 0 Å². The molecule has 0 aromatic carbocycles. The lowest BCUT2D eigenvalue weighted by molar-refractivity contribution is -0.144. The highest BCUT2D eigenvalue weighted by atomic mass is 16.5. The topological polar surface area (TPSA) is 58.6 Å². The van der Waals surface area contributed by atoms with Crippen molar-refractivity contribution in [2.24, 2.45) is 0 Å². The maximum Gasteiger partial charge on any atom is 0.323 e. The number of carboxylic acid groups (broad SMARTS) is 1. The molecule has 0 amide bonds. The largest absolute Gasteiger partial charge is 0.480 e. The molecule has 0 spiro atoms. The van der Waals surface area contributed by atoms with E-state index >= 15 is 0 Å². The van der Waals surface area contributed by atoms with Crippen molar-refractivity contribution >= 4 is 5.97 Å². The van der Waals surface area contributed by atoms with Crippen LogP contribution in [0.1, 0.15) is 40.0 Å². The molecule has 0 aliphatic carbocycles. The Kier molecular flexibility index (Phi) is 6.52. The fourth-order valence-corrected chi connectivity index (χ4v) is 1.24. The Morgan fingerprint density at radius 3 is 2.47 bits per heavy atom. The van der Waals surface area contributed by atoms with E-state index in [1.54, 1.807) is 14.0 Å². The minimum atomic E-state index is -0.808. The van der Waals surface area contributed by atoms with Gasteiger partial charge in [-0.2, -0.15) is 0 Å². The molecule has 90 valence electrons. The standard InChI is InChI=1S/C11H23NO3/c1-9(2)15-8-6-5-7-11(3,12-4)10(13)14/h9,12H,5-8H2,1-4H3,(H,13,14). The highest BCUT2D eigenvalue weighted by Crippen LogP contribution is 2.13. The van der Waals surface area contributed by atoms with Crippen LogP contribution in [0.15, 0.2) is 0 Å². The molecule has 4 nitrogen and oxygen atoms in total. The Morgan fingerprint density at radius 1 is 1.47 bits per heavy atom. The summed E-state index contributed by atoms with van der Waals surface area (Å²) in [7, 11) is 1.68. The van der Waals surface area contributed by atoms with Gasteiger partial charge in [0.2, 0.25) is 0 Å². The summed E-state index contributed by atoms with van der Waals surface area (Å²) in [5.41, 5.74) is -0.808. The fraction of sp³-hybridized carbons (Fsp3) is 0.909. The van der Waals surface area contributed by atoms with Crippen molar-refractivity contribution in [2.75, 3.05) is 13.7 Å². The van der Waals surface area contributed by atoms with Crippen LogP contribution < -0.4 is 5.32 Å². The number of nitrogens with one attached hydrogen (secondary N) is 1. The Hall–Kier alpha value is -0.610. The van der Waals surface area contributed by atoms with Crippen LogP contribution in [0.5, 0.6) is 0 Å². The van der Waals surface area contributed by atoms with E-state index in [-0.39, 0.29) is 6.10 Å². The van der Waals surface area contributed by atoms with Crippen LogP contribution in [0, 0.1) is 0 Å². The molecule has 0 aliphatic rings. The molecule has 0 saturated carbocycles. The van der Waals surface area contributed by atoms with Gasteiger partial charge < -0.3 is 15.2 Å². The van der Waals surface area contributed by atoms with E-state index in [0.717, 1.165) is 12.8 Å². The quantitative estimate of drug-likeness (QED) is 0.607. The van der Waals surface area contributed by atoms with Gasteiger partial charge in [0.05, 0.1) is 6.10 Å². The monoisotopic (exact) mass is 217 g/mol. The van der Waals surface area contributed by atoms with Gasteiger partial charge in [0.15, 0.2) is 0 Å². The number of unbranched alkanes of at least 4 members (excludes halogenated alkanes) is 1. The smallest absolute Gasteiger partial charge is 0.323 e. The second-order valence-electron chi connectivity index (χ2n) is 4.26. The summed E-state index contributed by atoms with van der Waals surface area (Å²) in [4.78, 5) is 10.9. The first-order valence-corrected chi connectivity index (χ1v) is 5.46. The maximum absolute atomic E-state index is 10.9. The number of ether oxygens (including phenoxy) is 1. The maximum atomic E-state index is 10.9. The van der Waals surface area contributed by atoms with Gasteiger partial charge >= 0.3 is 5.97 Å². The van der Waals surface area contributed by atoms with Crippen LogP contribution in [0.2, 0.25) is 0 Å². The van der Waals surface area contributed by atoms with Gasteiger partial charge in [-0.15, -0.1) is 0 Å². The highest BCUT2D eigenvalue weighted by Gasteiger charge is 2.29. The van der Waals surface area contributed by atoms with Crippen LogP contribution in [0.25, 0.3) is 0 Å². The second kappa shape index (κ2) is 6.80.